The smallest absolute Gasteiger partial charge is 0.264 e. The zero-order valence-electron chi connectivity index (χ0n) is 13.0. The molecule has 0 spiro atoms. The van der Waals surface area contributed by atoms with Crippen molar-refractivity contribution < 1.29 is 9.53 Å². The van der Waals surface area contributed by atoms with Gasteiger partial charge in [-0.05, 0) is 11.4 Å². The van der Waals surface area contributed by atoms with Crippen molar-refractivity contribution >= 4 is 28.6 Å². The topological polar surface area (TPSA) is 42.4 Å². The minimum Gasteiger partial charge on any atom is -0.367 e. The lowest BCUT2D eigenvalue weighted by molar-refractivity contribution is -0.0228. The SMILES string of the molecule is CC(C)(C)c1csc(C2CN(C(=O)c3cccs3)CCO2)n1. The van der Waals surface area contributed by atoms with Gasteiger partial charge in [-0.2, -0.15) is 0 Å². The molecular formula is C16H20N2O2S2. The van der Waals surface area contributed by atoms with Crippen molar-refractivity contribution in [3.63, 3.8) is 0 Å². The third kappa shape index (κ3) is 3.24. The van der Waals surface area contributed by atoms with Gasteiger partial charge in [0.25, 0.3) is 5.91 Å². The Bertz CT molecular complexity index is 643. The highest BCUT2D eigenvalue weighted by molar-refractivity contribution is 7.12. The van der Waals surface area contributed by atoms with Gasteiger partial charge in [0.1, 0.15) is 11.1 Å². The second-order valence-corrected chi connectivity index (χ2v) is 8.25. The van der Waals surface area contributed by atoms with Crippen LogP contribution in [-0.4, -0.2) is 35.5 Å². The summed E-state index contributed by atoms with van der Waals surface area (Å²) in [5, 5.41) is 4.99. The van der Waals surface area contributed by atoms with Crippen LogP contribution in [0.1, 0.15) is 47.2 Å². The van der Waals surface area contributed by atoms with Gasteiger partial charge in [0.2, 0.25) is 0 Å². The van der Waals surface area contributed by atoms with Gasteiger partial charge in [-0.3, -0.25) is 4.79 Å². The lowest BCUT2D eigenvalue weighted by Crippen LogP contribution is -2.42. The first-order valence-corrected chi connectivity index (χ1v) is 9.11. The minimum absolute atomic E-state index is 0.0376. The van der Waals surface area contributed by atoms with Crippen molar-refractivity contribution in [2.24, 2.45) is 0 Å². The van der Waals surface area contributed by atoms with E-state index in [1.165, 1.54) is 11.3 Å². The maximum absolute atomic E-state index is 12.5. The molecule has 0 aliphatic carbocycles. The number of ether oxygens (including phenoxy) is 1. The first-order valence-electron chi connectivity index (χ1n) is 7.35. The summed E-state index contributed by atoms with van der Waals surface area (Å²) in [6.07, 6.45) is -0.112. The predicted octanol–water partition coefficient (Wildman–Crippen LogP) is 3.72. The summed E-state index contributed by atoms with van der Waals surface area (Å²) in [7, 11) is 0. The number of hydrogen-bond acceptors (Lipinski definition) is 5. The highest BCUT2D eigenvalue weighted by Gasteiger charge is 2.29. The van der Waals surface area contributed by atoms with Crippen LogP contribution in [0.15, 0.2) is 22.9 Å². The van der Waals surface area contributed by atoms with E-state index in [-0.39, 0.29) is 17.4 Å². The third-order valence-electron chi connectivity index (χ3n) is 3.65. The van der Waals surface area contributed by atoms with Gasteiger partial charge in [0, 0.05) is 17.3 Å². The van der Waals surface area contributed by atoms with E-state index in [1.807, 2.05) is 22.4 Å². The fourth-order valence-electron chi connectivity index (χ4n) is 2.32. The van der Waals surface area contributed by atoms with Gasteiger partial charge in [-0.15, -0.1) is 22.7 Å². The van der Waals surface area contributed by atoms with E-state index in [9.17, 15) is 4.79 Å². The number of amides is 1. The van der Waals surface area contributed by atoms with E-state index < -0.39 is 0 Å². The lowest BCUT2D eigenvalue weighted by Gasteiger charge is -2.31. The molecule has 1 unspecified atom stereocenters. The highest BCUT2D eigenvalue weighted by atomic mass is 32.1. The molecule has 3 rings (SSSR count). The average molecular weight is 336 g/mol. The summed E-state index contributed by atoms with van der Waals surface area (Å²) >= 11 is 3.11. The van der Waals surface area contributed by atoms with Crippen molar-refractivity contribution in [3.05, 3.63) is 38.5 Å². The molecule has 4 nitrogen and oxygen atoms in total. The molecule has 2 aromatic rings. The van der Waals surface area contributed by atoms with Crippen molar-refractivity contribution in [3.8, 4) is 0 Å². The molecule has 1 aliphatic heterocycles. The fourth-order valence-corrected chi connectivity index (χ4v) is 4.09. The number of thiophene rings is 1. The normalized spacial score (nSPS) is 19.4. The second kappa shape index (κ2) is 6.10. The fraction of sp³-hybridized carbons (Fsp3) is 0.500. The zero-order valence-corrected chi connectivity index (χ0v) is 14.7. The Morgan fingerprint density at radius 2 is 2.23 bits per heavy atom. The van der Waals surface area contributed by atoms with Crippen LogP contribution >= 0.6 is 22.7 Å². The number of aromatic nitrogens is 1. The van der Waals surface area contributed by atoms with Gasteiger partial charge in [0.05, 0.1) is 23.7 Å². The summed E-state index contributed by atoms with van der Waals surface area (Å²) in [4.78, 5) is 19.8. The van der Waals surface area contributed by atoms with E-state index in [0.717, 1.165) is 15.6 Å². The number of carbonyl (C=O) groups excluding carboxylic acids is 1. The molecule has 0 bridgehead atoms. The number of morpholine rings is 1. The van der Waals surface area contributed by atoms with Gasteiger partial charge >= 0.3 is 0 Å². The first-order chi connectivity index (χ1) is 10.4. The van der Waals surface area contributed by atoms with Crippen LogP contribution in [0, 0.1) is 0 Å². The predicted molar refractivity (Wildman–Crippen MR) is 89.7 cm³/mol. The molecular weight excluding hydrogens is 316 g/mol. The Labute approximate surface area is 138 Å². The zero-order chi connectivity index (χ0) is 15.7. The maximum Gasteiger partial charge on any atom is 0.264 e. The molecule has 6 heteroatoms. The molecule has 0 radical (unpaired) electrons. The van der Waals surface area contributed by atoms with Crippen LogP contribution in [0.5, 0.6) is 0 Å². The van der Waals surface area contributed by atoms with E-state index >= 15 is 0 Å². The summed E-state index contributed by atoms with van der Waals surface area (Å²) < 4.78 is 5.85. The molecule has 3 heterocycles. The Hall–Kier alpha value is -1.24. The largest absolute Gasteiger partial charge is 0.367 e. The molecule has 1 amide bonds. The van der Waals surface area contributed by atoms with E-state index in [4.69, 9.17) is 9.72 Å². The minimum atomic E-state index is -0.112. The average Bonchev–Trinajstić information content (AvgIpc) is 3.17. The van der Waals surface area contributed by atoms with Gasteiger partial charge in [-0.25, -0.2) is 4.98 Å². The van der Waals surface area contributed by atoms with Gasteiger partial charge < -0.3 is 9.64 Å². The molecule has 1 aliphatic rings. The molecule has 1 saturated heterocycles. The van der Waals surface area contributed by atoms with E-state index in [0.29, 0.717) is 19.7 Å². The summed E-state index contributed by atoms with van der Waals surface area (Å²) in [5.41, 5.74) is 1.12. The molecule has 1 atom stereocenters. The van der Waals surface area contributed by atoms with Crippen LogP contribution in [0.2, 0.25) is 0 Å². The first kappa shape index (κ1) is 15.6. The van der Waals surface area contributed by atoms with Crippen LogP contribution in [0.3, 0.4) is 0 Å². The van der Waals surface area contributed by atoms with E-state index in [1.54, 1.807) is 11.3 Å². The van der Waals surface area contributed by atoms with Gasteiger partial charge in [0.15, 0.2) is 0 Å². The quantitative estimate of drug-likeness (QED) is 0.839. The number of carbonyl (C=O) groups is 1. The summed E-state index contributed by atoms with van der Waals surface area (Å²) in [6, 6.07) is 3.78. The Morgan fingerprint density at radius 3 is 2.86 bits per heavy atom. The number of rotatable bonds is 2. The Morgan fingerprint density at radius 1 is 1.41 bits per heavy atom. The van der Waals surface area contributed by atoms with Crippen LogP contribution in [0.25, 0.3) is 0 Å². The molecule has 118 valence electrons. The second-order valence-electron chi connectivity index (χ2n) is 6.41. The summed E-state index contributed by atoms with van der Waals surface area (Å²) in [6.45, 7) is 8.24. The van der Waals surface area contributed by atoms with Crippen molar-refractivity contribution in [2.75, 3.05) is 19.7 Å². The number of thiazole rings is 1. The Balaban J connectivity index is 1.73. The molecule has 2 aromatic heterocycles. The third-order valence-corrected chi connectivity index (χ3v) is 5.45. The van der Waals surface area contributed by atoms with Crippen molar-refractivity contribution in [2.45, 2.75) is 32.3 Å². The van der Waals surface area contributed by atoms with Crippen LogP contribution < -0.4 is 0 Å². The maximum atomic E-state index is 12.5. The van der Waals surface area contributed by atoms with Crippen LogP contribution in [0.4, 0.5) is 0 Å². The summed E-state index contributed by atoms with van der Waals surface area (Å²) in [5.74, 6) is 0.0934. The molecule has 1 fully saturated rings. The standard InChI is InChI=1S/C16H20N2O2S2/c1-16(2,3)13-10-22-14(17-13)11-9-18(6-7-20-11)15(19)12-5-4-8-21-12/h4-5,8,10-11H,6-7,9H2,1-3H3. The number of nitrogens with zero attached hydrogens (tertiary/aromatic N) is 2. The molecule has 0 aromatic carbocycles. The van der Waals surface area contributed by atoms with Crippen molar-refractivity contribution in [1.82, 2.24) is 9.88 Å². The molecule has 22 heavy (non-hydrogen) atoms. The van der Waals surface area contributed by atoms with Gasteiger partial charge in [-0.1, -0.05) is 26.8 Å². The van der Waals surface area contributed by atoms with Crippen molar-refractivity contribution in [1.29, 1.82) is 0 Å². The lowest BCUT2D eigenvalue weighted by atomic mass is 9.93. The molecule has 0 saturated carbocycles. The Kier molecular flexibility index (Phi) is 4.34. The monoisotopic (exact) mass is 336 g/mol. The number of hydrogen-bond donors (Lipinski definition) is 0. The highest BCUT2D eigenvalue weighted by Crippen LogP contribution is 2.30. The van der Waals surface area contributed by atoms with Crippen LogP contribution in [-0.2, 0) is 10.2 Å². The van der Waals surface area contributed by atoms with E-state index in [2.05, 4.69) is 26.2 Å². The molecule has 0 N–H and O–H groups in total.